The Kier molecular flexibility index (Phi) is 6.42. The molecule has 1 aliphatic heterocycles. The highest BCUT2D eigenvalue weighted by Gasteiger charge is 2.42. The van der Waals surface area contributed by atoms with Crippen molar-refractivity contribution in [3.05, 3.63) is 0 Å². The molecule has 1 amide bonds. The second kappa shape index (κ2) is 7.87. The van der Waals surface area contributed by atoms with Gasteiger partial charge in [-0.2, -0.15) is 11.8 Å². The minimum atomic E-state index is 0.0557. The van der Waals surface area contributed by atoms with E-state index < -0.39 is 0 Å². The largest absolute Gasteiger partial charge is 0.325 e. The summed E-state index contributed by atoms with van der Waals surface area (Å²) in [4.78, 5) is 14.9. The first-order chi connectivity index (χ1) is 10.0. The Hall–Kier alpha value is -0.220. The average Bonchev–Trinajstić information content (AvgIpc) is 3.05. The van der Waals surface area contributed by atoms with Gasteiger partial charge in [-0.25, -0.2) is 0 Å². The Labute approximate surface area is 134 Å². The number of nitrogens with zero attached hydrogens (tertiary/aromatic N) is 1. The van der Waals surface area contributed by atoms with Crippen molar-refractivity contribution in [1.82, 2.24) is 10.2 Å². The molecule has 21 heavy (non-hydrogen) atoms. The van der Waals surface area contributed by atoms with E-state index in [9.17, 15) is 4.79 Å². The first-order valence-electron chi connectivity index (χ1n) is 8.62. The van der Waals surface area contributed by atoms with Crippen LogP contribution in [-0.2, 0) is 4.79 Å². The van der Waals surface area contributed by atoms with Crippen molar-refractivity contribution >= 4 is 17.7 Å². The molecule has 122 valence electrons. The molecule has 2 rings (SSSR count). The lowest BCUT2D eigenvalue weighted by atomic mass is 10.0. The number of carbonyl (C=O) groups is 1. The maximum atomic E-state index is 12.8. The molecule has 2 aliphatic rings. The molecule has 0 aromatic heterocycles. The fourth-order valence-electron chi connectivity index (χ4n) is 3.70. The molecule has 1 heterocycles. The van der Waals surface area contributed by atoms with Crippen LogP contribution in [0.4, 0.5) is 0 Å². The Morgan fingerprint density at radius 1 is 1.29 bits per heavy atom. The lowest BCUT2D eigenvalue weighted by Crippen LogP contribution is -2.43. The predicted molar refractivity (Wildman–Crippen MR) is 91.4 cm³/mol. The van der Waals surface area contributed by atoms with Gasteiger partial charge in [-0.15, -0.1) is 0 Å². The van der Waals surface area contributed by atoms with Crippen molar-refractivity contribution in [1.29, 1.82) is 0 Å². The molecule has 0 spiro atoms. The number of hydrogen-bond donors (Lipinski definition) is 1. The highest BCUT2D eigenvalue weighted by atomic mass is 32.2. The van der Waals surface area contributed by atoms with Crippen LogP contribution in [0.3, 0.4) is 0 Å². The van der Waals surface area contributed by atoms with Gasteiger partial charge in [0.25, 0.3) is 0 Å². The van der Waals surface area contributed by atoms with E-state index in [0.29, 0.717) is 29.2 Å². The Bertz CT molecular complexity index is 342. The normalized spacial score (nSPS) is 28.8. The van der Waals surface area contributed by atoms with Gasteiger partial charge in [0.15, 0.2) is 0 Å². The fourth-order valence-corrected chi connectivity index (χ4v) is 4.04. The van der Waals surface area contributed by atoms with Gasteiger partial charge < -0.3 is 4.90 Å². The van der Waals surface area contributed by atoms with Gasteiger partial charge >= 0.3 is 0 Å². The summed E-state index contributed by atoms with van der Waals surface area (Å²) in [6.45, 7) is 7.59. The first-order valence-corrected chi connectivity index (χ1v) is 9.91. The van der Waals surface area contributed by atoms with E-state index in [1.54, 1.807) is 0 Å². The molecule has 3 atom stereocenters. The lowest BCUT2D eigenvalue weighted by molar-refractivity contribution is -0.130. The molecule has 4 heteroatoms. The number of amides is 1. The van der Waals surface area contributed by atoms with Crippen molar-refractivity contribution < 1.29 is 4.79 Å². The third-order valence-electron chi connectivity index (χ3n) is 5.02. The van der Waals surface area contributed by atoms with Crippen LogP contribution in [-0.4, -0.2) is 41.1 Å². The van der Waals surface area contributed by atoms with E-state index in [1.165, 1.54) is 25.7 Å². The topological polar surface area (TPSA) is 32.3 Å². The summed E-state index contributed by atoms with van der Waals surface area (Å²) in [5.41, 5.74) is 0. The first kappa shape index (κ1) is 17.1. The second-order valence-corrected chi connectivity index (χ2v) is 8.48. The maximum absolute atomic E-state index is 12.8. The number of nitrogens with one attached hydrogen (secondary N) is 1. The van der Waals surface area contributed by atoms with Gasteiger partial charge in [0, 0.05) is 11.8 Å². The summed E-state index contributed by atoms with van der Waals surface area (Å²) < 4.78 is 0. The molecule has 2 fully saturated rings. The summed E-state index contributed by atoms with van der Waals surface area (Å²) in [7, 11) is 0. The Morgan fingerprint density at radius 2 is 1.95 bits per heavy atom. The van der Waals surface area contributed by atoms with Gasteiger partial charge in [0.05, 0.1) is 12.2 Å². The molecule has 3 unspecified atom stereocenters. The third-order valence-corrected chi connectivity index (χ3v) is 6.06. The maximum Gasteiger partial charge on any atom is 0.241 e. The second-order valence-electron chi connectivity index (χ2n) is 7.20. The summed E-state index contributed by atoms with van der Waals surface area (Å²) in [6.07, 6.45) is 9.77. The van der Waals surface area contributed by atoms with Gasteiger partial charge in [-0.1, -0.05) is 33.6 Å². The van der Waals surface area contributed by atoms with Crippen LogP contribution in [0.25, 0.3) is 0 Å². The highest BCUT2D eigenvalue weighted by Crippen LogP contribution is 2.33. The van der Waals surface area contributed by atoms with Crippen LogP contribution in [0.15, 0.2) is 0 Å². The number of carbonyl (C=O) groups excluding carboxylic acids is 1. The lowest BCUT2D eigenvalue weighted by Gasteiger charge is -2.29. The van der Waals surface area contributed by atoms with E-state index in [4.69, 9.17) is 0 Å². The van der Waals surface area contributed by atoms with E-state index >= 15 is 0 Å². The average molecular weight is 313 g/mol. The van der Waals surface area contributed by atoms with Crippen LogP contribution >= 0.6 is 11.8 Å². The van der Waals surface area contributed by atoms with Crippen molar-refractivity contribution in [3.63, 3.8) is 0 Å². The molecular weight excluding hydrogens is 280 g/mol. The van der Waals surface area contributed by atoms with Crippen molar-refractivity contribution in [3.8, 4) is 0 Å². The summed E-state index contributed by atoms with van der Waals surface area (Å²) in [6, 6.07) is 0.0557. The van der Waals surface area contributed by atoms with Crippen molar-refractivity contribution in [2.24, 2.45) is 11.8 Å². The van der Waals surface area contributed by atoms with Crippen LogP contribution in [0.5, 0.6) is 0 Å². The van der Waals surface area contributed by atoms with Gasteiger partial charge in [0.1, 0.15) is 0 Å². The third kappa shape index (κ3) is 4.38. The number of hydrogen-bond acceptors (Lipinski definition) is 3. The summed E-state index contributed by atoms with van der Waals surface area (Å²) in [5, 5.41) is 4.31. The minimum absolute atomic E-state index is 0.0557. The summed E-state index contributed by atoms with van der Waals surface area (Å²) in [5.74, 6) is 1.60. The van der Waals surface area contributed by atoms with E-state index in [1.807, 2.05) is 11.8 Å². The zero-order chi connectivity index (χ0) is 15.4. The van der Waals surface area contributed by atoms with Crippen molar-refractivity contribution in [2.75, 3.05) is 12.8 Å². The zero-order valence-electron chi connectivity index (χ0n) is 14.1. The molecular formula is C17H32N2OS. The van der Waals surface area contributed by atoms with Crippen LogP contribution in [0.1, 0.15) is 59.3 Å². The molecule has 0 aromatic carbocycles. The fraction of sp³-hybridized carbons (Fsp3) is 0.941. The van der Waals surface area contributed by atoms with Crippen molar-refractivity contribution in [2.45, 2.75) is 76.8 Å². The molecule has 0 radical (unpaired) electrons. The highest BCUT2D eigenvalue weighted by molar-refractivity contribution is 7.99. The van der Waals surface area contributed by atoms with E-state index in [2.05, 4.69) is 37.2 Å². The molecule has 0 aromatic rings. The van der Waals surface area contributed by atoms with Gasteiger partial charge in [-0.05, 0) is 43.8 Å². The molecule has 1 N–H and O–H groups in total. The van der Waals surface area contributed by atoms with Gasteiger partial charge in [0.2, 0.25) is 5.91 Å². The SMILES string of the molecule is CSC(C)CCN1C(=O)C(CC(C)C)NC1C1CCCC1. The van der Waals surface area contributed by atoms with E-state index in [-0.39, 0.29) is 6.04 Å². The smallest absolute Gasteiger partial charge is 0.241 e. The van der Waals surface area contributed by atoms with Crippen LogP contribution in [0.2, 0.25) is 0 Å². The Morgan fingerprint density at radius 3 is 2.52 bits per heavy atom. The van der Waals surface area contributed by atoms with Gasteiger partial charge in [-0.3, -0.25) is 10.1 Å². The minimum Gasteiger partial charge on any atom is -0.325 e. The number of thioether (sulfide) groups is 1. The van der Waals surface area contributed by atoms with E-state index in [0.717, 1.165) is 19.4 Å². The molecule has 1 saturated heterocycles. The van der Waals surface area contributed by atoms with Crippen LogP contribution < -0.4 is 5.32 Å². The summed E-state index contributed by atoms with van der Waals surface area (Å²) >= 11 is 1.90. The van der Waals surface area contributed by atoms with Crippen LogP contribution in [0, 0.1) is 11.8 Å². The Balaban J connectivity index is 2.01. The molecule has 1 aliphatic carbocycles. The molecule has 0 bridgehead atoms. The standard InChI is InChI=1S/C17H32N2OS/c1-12(2)11-15-17(20)19(10-9-13(3)21-4)16(18-15)14-7-5-6-8-14/h12-16,18H,5-11H2,1-4H3. The quantitative estimate of drug-likeness (QED) is 0.781. The molecule has 3 nitrogen and oxygen atoms in total. The predicted octanol–water partition coefficient (Wildman–Crippen LogP) is 3.49. The molecule has 1 saturated carbocycles. The monoisotopic (exact) mass is 312 g/mol. The number of rotatable bonds is 7. The zero-order valence-corrected chi connectivity index (χ0v) is 14.9.